The number of esters is 1. The van der Waals surface area contributed by atoms with Crippen molar-refractivity contribution in [2.45, 2.75) is 18.9 Å². The third-order valence-electron chi connectivity index (χ3n) is 2.19. The number of allylic oxidation sites excluding steroid dienone is 1. The Bertz CT molecular complexity index is 338. The predicted molar refractivity (Wildman–Crippen MR) is 55.8 cm³/mol. The molecule has 0 bridgehead atoms. The van der Waals surface area contributed by atoms with Crippen molar-refractivity contribution in [3.8, 4) is 0 Å². The zero-order valence-corrected chi connectivity index (χ0v) is 9.06. The number of carboxylic acid groups (broad SMARTS) is 1. The van der Waals surface area contributed by atoms with Crippen LogP contribution in [-0.2, 0) is 19.1 Å². The van der Waals surface area contributed by atoms with Crippen molar-refractivity contribution >= 4 is 11.9 Å². The molecule has 5 nitrogen and oxygen atoms in total. The molecule has 0 radical (unpaired) electrons. The average Bonchev–Trinajstić information content (AvgIpc) is 3.05. The van der Waals surface area contributed by atoms with Crippen LogP contribution in [0, 0.1) is 0 Å². The van der Waals surface area contributed by atoms with Crippen LogP contribution in [-0.4, -0.2) is 36.9 Å². The molecule has 1 rings (SSSR count). The first-order valence-electron chi connectivity index (χ1n) is 4.84. The lowest BCUT2D eigenvalue weighted by atomic mass is 10.1. The van der Waals surface area contributed by atoms with E-state index in [-0.39, 0.29) is 23.7 Å². The van der Waals surface area contributed by atoms with Crippen molar-refractivity contribution in [3.05, 3.63) is 23.8 Å². The molecule has 1 N–H and O–H groups in total. The first kappa shape index (κ1) is 12.4. The Balaban J connectivity index is 2.52. The van der Waals surface area contributed by atoms with Crippen LogP contribution in [0.25, 0.3) is 0 Å². The Morgan fingerprint density at radius 1 is 1.62 bits per heavy atom. The summed E-state index contributed by atoms with van der Waals surface area (Å²) in [6, 6.07) is 0. The van der Waals surface area contributed by atoms with Crippen LogP contribution in [0.3, 0.4) is 0 Å². The van der Waals surface area contributed by atoms with Crippen molar-refractivity contribution in [1.29, 1.82) is 0 Å². The number of epoxide rings is 1. The van der Waals surface area contributed by atoms with Gasteiger partial charge in [-0.15, -0.1) is 0 Å². The monoisotopic (exact) mass is 226 g/mol. The SMILES string of the molecule is C=C(CC=C(CC1CO1)C(=O)O)C(=O)OC. The largest absolute Gasteiger partial charge is 0.478 e. The number of aliphatic carboxylic acids is 1. The van der Waals surface area contributed by atoms with Crippen LogP contribution in [0.1, 0.15) is 12.8 Å². The first-order valence-corrected chi connectivity index (χ1v) is 4.84. The van der Waals surface area contributed by atoms with Crippen LogP contribution >= 0.6 is 0 Å². The highest BCUT2D eigenvalue weighted by Gasteiger charge is 2.26. The van der Waals surface area contributed by atoms with Gasteiger partial charge in [-0.05, 0) is 6.42 Å². The van der Waals surface area contributed by atoms with E-state index in [4.69, 9.17) is 9.84 Å². The molecule has 1 fully saturated rings. The summed E-state index contributed by atoms with van der Waals surface area (Å²) in [6.07, 6.45) is 2.03. The van der Waals surface area contributed by atoms with Crippen molar-refractivity contribution in [2.75, 3.05) is 13.7 Å². The van der Waals surface area contributed by atoms with Gasteiger partial charge in [0, 0.05) is 17.6 Å². The molecule has 0 aromatic rings. The van der Waals surface area contributed by atoms with Crippen LogP contribution in [0.5, 0.6) is 0 Å². The average molecular weight is 226 g/mol. The number of hydrogen-bond acceptors (Lipinski definition) is 4. The maximum absolute atomic E-state index is 11.0. The summed E-state index contributed by atoms with van der Waals surface area (Å²) in [5.74, 6) is -1.52. The van der Waals surface area contributed by atoms with E-state index in [0.29, 0.717) is 13.0 Å². The van der Waals surface area contributed by atoms with Gasteiger partial charge in [0.25, 0.3) is 0 Å². The van der Waals surface area contributed by atoms with Gasteiger partial charge in [0.1, 0.15) is 0 Å². The van der Waals surface area contributed by atoms with Gasteiger partial charge in [0.05, 0.1) is 19.8 Å². The van der Waals surface area contributed by atoms with E-state index in [2.05, 4.69) is 11.3 Å². The number of carbonyl (C=O) groups excluding carboxylic acids is 1. The minimum Gasteiger partial charge on any atom is -0.478 e. The molecule has 0 aliphatic carbocycles. The smallest absolute Gasteiger partial charge is 0.333 e. The lowest BCUT2D eigenvalue weighted by Crippen LogP contribution is -2.06. The van der Waals surface area contributed by atoms with E-state index in [1.54, 1.807) is 0 Å². The summed E-state index contributed by atoms with van der Waals surface area (Å²) >= 11 is 0. The summed E-state index contributed by atoms with van der Waals surface area (Å²) < 4.78 is 9.40. The van der Waals surface area contributed by atoms with E-state index >= 15 is 0 Å². The lowest BCUT2D eigenvalue weighted by molar-refractivity contribution is -0.136. The van der Waals surface area contributed by atoms with Crippen LogP contribution in [0.15, 0.2) is 23.8 Å². The summed E-state index contributed by atoms with van der Waals surface area (Å²) in [4.78, 5) is 21.9. The zero-order chi connectivity index (χ0) is 12.1. The second-order valence-electron chi connectivity index (χ2n) is 3.49. The maximum atomic E-state index is 11.0. The summed E-state index contributed by atoms with van der Waals surface area (Å²) in [5, 5.41) is 8.89. The summed E-state index contributed by atoms with van der Waals surface area (Å²) in [6.45, 7) is 4.11. The number of carboxylic acids is 1. The fourth-order valence-corrected chi connectivity index (χ4v) is 1.16. The zero-order valence-electron chi connectivity index (χ0n) is 9.06. The van der Waals surface area contributed by atoms with E-state index in [9.17, 15) is 9.59 Å². The van der Waals surface area contributed by atoms with Crippen molar-refractivity contribution in [3.63, 3.8) is 0 Å². The van der Waals surface area contributed by atoms with Gasteiger partial charge < -0.3 is 14.6 Å². The Hall–Kier alpha value is -1.62. The molecule has 1 aliphatic heterocycles. The van der Waals surface area contributed by atoms with E-state index in [1.807, 2.05) is 0 Å². The molecule has 0 aromatic heterocycles. The number of rotatable bonds is 6. The van der Waals surface area contributed by atoms with Gasteiger partial charge in [0.15, 0.2) is 0 Å². The minimum atomic E-state index is -0.992. The fourth-order valence-electron chi connectivity index (χ4n) is 1.16. The number of methoxy groups -OCH3 is 1. The normalized spacial score (nSPS) is 19.1. The second-order valence-corrected chi connectivity index (χ2v) is 3.49. The van der Waals surface area contributed by atoms with Gasteiger partial charge in [-0.1, -0.05) is 12.7 Å². The molecule has 1 heterocycles. The highest BCUT2D eigenvalue weighted by molar-refractivity contribution is 5.89. The molecule has 1 atom stereocenters. The highest BCUT2D eigenvalue weighted by atomic mass is 16.6. The van der Waals surface area contributed by atoms with E-state index in [1.165, 1.54) is 13.2 Å². The molecular formula is C11H14O5. The van der Waals surface area contributed by atoms with Gasteiger partial charge in [-0.3, -0.25) is 0 Å². The van der Waals surface area contributed by atoms with Gasteiger partial charge in [0.2, 0.25) is 0 Å². The van der Waals surface area contributed by atoms with Crippen LogP contribution < -0.4 is 0 Å². The third-order valence-corrected chi connectivity index (χ3v) is 2.19. The molecule has 0 aromatic carbocycles. The molecule has 5 heteroatoms. The molecule has 1 unspecified atom stereocenters. The molecule has 0 spiro atoms. The molecule has 16 heavy (non-hydrogen) atoms. The summed E-state index contributed by atoms with van der Waals surface area (Å²) in [5.41, 5.74) is 0.477. The van der Waals surface area contributed by atoms with Gasteiger partial charge >= 0.3 is 11.9 Å². The Labute approximate surface area is 93.3 Å². The summed E-state index contributed by atoms with van der Waals surface area (Å²) in [7, 11) is 1.26. The fraction of sp³-hybridized carbons (Fsp3) is 0.455. The van der Waals surface area contributed by atoms with Crippen molar-refractivity contribution in [1.82, 2.24) is 0 Å². The van der Waals surface area contributed by atoms with E-state index in [0.717, 1.165) is 0 Å². The van der Waals surface area contributed by atoms with Gasteiger partial charge in [-0.25, -0.2) is 9.59 Å². The van der Waals surface area contributed by atoms with Crippen molar-refractivity contribution in [2.24, 2.45) is 0 Å². The van der Waals surface area contributed by atoms with E-state index < -0.39 is 11.9 Å². The van der Waals surface area contributed by atoms with Crippen LogP contribution in [0.4, 0.5) is 0 Å². The first-order chi connectivity index (χ1) is 7.54. The van der Waals surface area contributed by atoms with Gasteiger partial charge in [-0.2, -0.15) is 0 Å². The number of hydrogen-bond donors (Lipinski definition) is 1. The maximum Gasteiger partial charge on any atom is 0.333 e. The molecule has 88 valence electrons. The number of carbonyl (C=O) groups is 2. The second kappa shape index (κ2) is 5.46. The highest BCUT2D eigenvalue weighted by Crippen LogP contribution is 2.20. The molecular weight excluding hydrogens is 212 g/mol. The Morgan fingerprint density at radius 3 is 2.69 bits per heavy atom. The van der Waals surface area contributed by atoms with Crippen molar-refractivity contribution < 1.29 is 24.2 Å². The predicted octanol–water partition coefficient (Wildman–Crippen LogP) is 0.906. The molecule has 0 amide bonds. The molecule has 1 aliphatic rings. The molecule has 0 saturated carbocycles. The quantitative estimate of drug-likeness (QED) is 0.414. The lowest BCUT2D eigenvalue weighted by Gasteiger charge is -2.02. The Kier molecular flexibility index (Phi) is 4.25. The topological polar surface area (TPSA) is 76.1 Å². The Morgan fingerprint density at radius 2 is 2.25 bits per heavy atom. The minimum absolute atomic E-state index is 0.00809. The van der Waals surface area contributed by atoms with Crippen LogP contribution in [0.2, 0.25) is 0 Å². The number of ether oxygens (including phenoxy) is 2. The molecule has 1 saturated heterocycles. The standard InChI is InChI=1S/C11H14O5/c1-7(11(14)15-2)3-4-8(10(12)13)5-9-6-16-9/h4,9H,1,3,5-6H2,2H3,(H,12,13). The third kappa shape index (κ3) is 3.86.